The van der Waals surface area contributed by atoms with E-state index in [-0.39, 0.29) is 11.2 Å². The number of hydrogen-bond acceptors (Lipinski definition) is 5. The van der Waals surface area contributed by atoms with Gasteiger partial charge in [0, 0.05) is 12.6 Å². The smallest absolute Gasteiger partial charge is 0.287 e. The molecule has 0 aliphatic carbocycles. The molecule has 6 heteroatoms. The van der Waals surface area contributed by atoms with Gasteiger partial charge in [-0.15, -0.1) is 0 Å². The van der Waals surface area contributed by atoms with Gasteiger partial charge in [0.15, 0.2) is 0 Å². The summed E-state index contributed by atoms with van der Waals surface area (Å²) in [5.74, 6) is 0.959. The number of nitro groups is 1. The zero-order chi connectivity index (χ0) is 13.9. The fraction of sp³-hybridized carbons (Fsp3) is 0.583. The Morgan fingerprint density at radius 3 is 2.61 bits per heavy atom. The van der Waals surface area contributed by atoms with Gasteiger partial charge in [0.25, 0.3) is 5.69 Å². The first kappa shape index (κ1) is 14.4. The molecule has 0 saturated carbocycles. The van der Waals surface area contributed by atoms with Crippen LogP contribution in [-0.4, -0.2) is 22.0 Å². The number of hydrogen-bond donors (Lipinski definition) is 2. The summed E-state index contributed by atoms with van der Waals surface area (Å²) in [5.41, 5.74) is 6.24. The molecule has 100 valence electrons. The predicted octanol–water partition coefficient (Wildman–Crippen LogP) is 2.08. The Kier molecular flexibility index (Phi) is 4.24. The van der Waals surface area contributed by atoms with Crippen molar-refractivity contribution in [2.45, 2.75) is 33.2 Å². The Hall–Kier alpha value is -1.69. The van der Waals surface area contributed by atoms with Gasteiger partial charge in [-0.25, -0.2) is 4.98 Å². The van der Waals surface area contributed by atoms with Crippen LogP contribution in [0.4, 0.5) is 11.5 Å². The van der Waals surface area contributed by atoms with Crippen molar-refractivity contribution in [3.8, 4) is 0 Å². The fourth-order valence-electron chi connectivity index (χ4n) is 1.49. The van der Waals surface area contributed by atoms with Crippen molar-refractivity contribution in [2.24, 2.45) is 11.7 Å². The van der Waals surface area contributed by atoms with E-state index in [0.717, 1.165) is 5.56 Å². The third-order valence-corrected chi connectivity index (χ3v) is 3.38. The van der Waals surface area contributed by atoms with Crippen LogP contribution < -0.4 is 11.1 Å². The second kappa shape index (κ2) is 5.30. The maximum absolute atomic E-state index is 10.6. The van der Waals surface area contributed by atoms with Crippen LogP contribution in [0.5, 0.6) is 0 Å². The highest BCUT2D eigenvalue weighted by molar-refractivity contribution is 5.50. The lowest BCUT2D eigenvalue weighted by atomic mass is 9.88. The summed E-state index contributed by atoms with van der Waals surface area (Å²) in [5, 5.41) is 13.9. The van der Waals surface area contributed by atoms with Crippen LogP contribution in [0.25, 0.3) is 0 Å². The van der Waals surface area contributed by atoms with Crippen molar-refractivity contribution < 1.29 is 4.92 Å². The molecule has 1 aromatic rings. The second-order valence-corrected chi connectivity index (χ2v) is 5.02. The third kappa shape index (κ3) is 2.95. The second-order valence-electron chi connectivity index (χ2n) is 5.02. The van der Waals surface area contributed by atoms with Gasteiger partial charge >= 0.3 is 0 Å². The molecule has 0 bridgehead atoms. The molecule has 3 N–H and O–H groups in total. The summed E-state index contributed by atoms with van der Waals surface area (Å²) in [6.45, 7) is 8.41. The molecular weight excluding hydrogens is 232 g/mol. The van der Waals surface area contributed by atoms with Crippen molar-refractivity contribution in [1.82, 2.24) is 4.98 Å². The molecule has 18 heavy (non-hydrogen) atoms. The topological polar surface area (TPSA) is 94.1 Å². The Balaban J connectivity index is 3.02. The Bertz CT molecular complexity index is 448. The van der Waals surface area contributed by atoms with Crippen LogP contribution in [0.2, 0.25) is 0 Å². The average Bonchev–Trinajstić information content (AvgIpc) is 2.31. The van der Waals surface area contributed by atoms with Crippen molar-refractivity contribution in [2.75, 3.05) is 11.9 Å². The molecule has 1 unspecified atom stereocenters. The van der Waals surface area contributed by atoms with Gasteiger partial charge in [-0.1, -0.05) is 13.8 Å². The molecule has 0 fully saturated rings. The Morgan fingerprint density at radius 1 is 1.61 bits per heavy atom. The van der Waals surface area contributed by atoms with Crippen molar-refractivity contribution in [3.63, 3.8) is 0 Å². The van der Waals surface area contributed by atoms with Gasteiger partial charge in [-0.05, 0) is 25.3 Å². The summed E-state index contributed by atoms with van der Waals surface area (Å²) in [4.78, 5) is 14.3. The number of aromatic nitrogens is 1. The molecule has 0 amide bonds. The maximum atomic E-state index is 10.6. The Labute approximate surface area is 107 Å². The lowest BCUT2D eigenvalue weighted by molar-refractivity contribution is -0.385. The minimum Gasteiger partial charge on any atom is -0.363 e. The summed E-state index contributed by atoms with van der Waals surface area (Å²) in [7, 11) is 0. The van der Waals surface area contributed by atoms with Gasteiger partial charge in [-0.3, -0.25) is 10.1 Å². The molecular formula is C12H20N4O2. The first-order valence-corrected chi connectivity index (χ1v) is 5.89. The molecule has 1 heterocycles. The highest BCUT2D eigenvalue weighted by Crippen LogP contribution is 2.24. The van der Waals surface area contributed by atoms with E-state index >= 15 is 0 Å². The fourth-order valence-corrected chi connectivity index (χ4v) is 1.49. The van der Waals surface area contributed by atoms with E-state index in [1.54, 1.807) is 6.92 Å². The van der Waals surface area contributed by atoms with Crippen LogP contribution in [0.1, 0.15) is 26.3 Å². The van der Waals surface area contributed by atoms with Crippen LogP contribution in [0, 0.1) is 23.0 Å². The molecule has 0 saturated heterocycles. The predicted molar refractivity (Wildman–Crippen MR) is 71.5 cm³/mol. The maximum Gasteiger partial charge on any atom is 0.287 e. The molecule has 0 aliphatic rings. The SMILES string of the molecule is Cc1cc([N+](=O)[O-])cnc1NC(C)(CN)C(C)C. The van der Waals surface area contributed by atoms with Gasteiger partial charge in [0.2, 0.25) is 0 Å². The van der Waals surface area contributed by atoms with Crippen molar-refractivity contribution in [1.29, 1.82) is 0 Å². The summed E-state index contributed by atoms with van der Waals surface area (Å²) < 4.78 is 0. The lowest BCUT2D eigenvalue weighted by Gasteiger charge is -2.34. The number of pyridine rings is 1. The number of nitrogens with one attached hydrogen (secondary N) is 1. The number of nitrogens with zero attached hydrogens (tertiary/aromatic N) is 2. The van der Waals surface area contributed by atoms with Gasteiger partial charge in [0.1, 0.15) is 12.0 Å². The van der Waals surface area contributed by atoms with E-state index in [2.05, 4.69) is 24.1 Å². The van der Waals surface area contributed by atoms with Crippen molar-refractivity contribution >= 4 is 11.5 Å². The number of anilines is 1. The molecule has 0 spiro atoms. The molecule has 0 aliphatic heterocycles. The molecule has 1 atom stereocenters. The minimum atomic E-state index is -0.450. The number of rotatable bonds is 5. The van der Waals surface area contributed by atoms with Gasteiger partial charge in [-0.2, -0.15) is 0 Å². The number of aryl methyl sites for hydroxylation is 1. The van der Waals surface area contributed by atoms with Crippen molar-refractivity contribution in [3.05, 3.63) is 27.9 Å². The van der Waals surface area contributed by atoms with E-state index < -0.39 is 4.92 Å². The van der Waals surface area contributed by atoms with Crippen LogP contribution in [-0.2, 0) is 0 Å². The number of nitrogens with two attached hydrogens (primary N) is 1. The monoisotopic (exact) mass is 252 g/mol. The van der Waals surface area contributed by atoms with Gasteiger partial charge in [0.05, 0.1) is 10.5 Å². The average molecular weight is 252 g/mol. The molecule has 0 aromatic carbocycles. The van der Waals surface area contributed by atoms with E-state index in [4.69, 9.17) is 5.73 Å². The Morgan fingerprint density at radius 2 is 2.22 bits per heavy atom. The first-order chi connectivity index (χ1) is 8.30. The largest absolute Gasteiger partial charge is 0.363 e. The molecule has 1 rings (SSSR count). The summed E-state index contributed by atoms with van der Waals surface area (Å²) in [6.07, 6.45) is 1.26. The van der Waals surface area contributed by atoms with Gasteiger partial charge < -0.3 is 11.1 Å². The standard InChI is InChI=1S/C12H20N4O2/c1-8(2)12(4,7-13)15-11-9(3)5-10(6-14-11)16(17)18/h5-6,8H,7,13H2,1-4H3,(H,14,15). The zero-order valence-corrected chi connectivity index (χ0v) is 11.2. The summed E-state index contributed by atoms with van der Waals surface area (Å²) in [6, 6.07) is 1.51. The third-order valence-electron chi connectivity index (χ3n) is 3.38. The van der Waals surface area contributed by atoms with Crippen LogP contribution in [0.15, 0.2) is 12.3 Å². The van der Waals surface area contributed by atoms with E-state index in [1.807, 2.05) is 6.92 Å². The molecule has 0 radical (unpaired) electrons. The highest BCUT2D eigenvalue weighted by atomic mass is 16.6. The van der Waals surface area contributed by atoms with E-state index in [0.29, 0.717) is 18.3 Å². The van der Waals surface area contributed by atoms with Crippen LogP contribution >= 0.6 is 0 Å². The molecule has 1 aromatic heterocycles. The zero-order valence-electron chi connectivity index (χ0n) is 11.2. The minimum absolute atomic E-state index is 0.00273. The quantitative estimate of drug-likeness (QED) is 0.618. The molecule has 6 nitrogen and oxygen atoms in total. The summed E-state index contributed by atoms with van der Waals surface area (Å²) >= 11 is 0. The normalized spacial score (nSPS) is 14.3. The van der Waals surface area contributed by atoms with E-state index in [9.17, 15) is 10.1 Å². The first-order valence-electron chi connectivity index (χ1n) is 5.89. The highest BCUT2D eigenvalue weighted by Gasteiger charge is 2.27. The van der Waals surface area contributed by atoms with Crippen LogP contribution in [0.3, 0.4) is 0 Å². The lowest BCUT2D eigenvalue weighted by Crippen LogP contribution is -2.47. The van der Waals surface area contributed by atoms with E-state index in [1.165, 1.54) is 12.3 Å².